The lowest BCUT2D eigenvalue weighted by Gasteiger charge is -2.18. The Morgan fingerprint density at radius 3 is 2.59 bits per heavy atom. The van der Waals surface area contributed by atoms with Gasteiger partial charge in [-0.15, -0.1) is 0 Å². The molecule has 0 spiro atoms. The molecule has 2 aromatic carbocycles. The van der Waals surface area contributed by atoms with E-state index in [2.05, 4.69) is 11.0 Å². The second kappa shape index (κ2) is 7.68. The topological polar surface area (TPSA) is 68.2 Å². The van der Waals surface area contributed by atoms with Crippen molar-refractivity contribution in [1.82, 2.24) is 0 Å². The summed E-state index contributed by atoms with van der Waals surface area (Å²) in [6.07, 6.45) is 0.622. The predicted octanol–water partition coefficient (Wildman–Crippen LogP) is 2.67. The molecule has 2 rings (SSSR count). The van der Waals surface area contributed by atoms with Crippen LogP contribution in [0.2, 0.25) is 0 Å². The van der Waals surface area contributed by atoms with E-state index in [0.717, 1.165) is 11.1 Å². The molecule has 0 aromatic heterocycles. The van der Waals surface area contributed by atoms with E-state index in [4.69, 9.17) is 14.7 Å². The maximum atomic E-state index is 9.74. The van der Waals surface area contributed by atoms with Gasteiger partial charge in [-0.2, -0.15) is 0 Å². The van der Waals surface area contributed by atoms with Gasteiger partial charge in [0.15, 0.2) is 5.75 Å². The zero-order chi connectivity index (χ0) is 15.9. The zero-order valence-electron chi connectivity index (χ0n) is 12.6. The first-order valence-electron chi connectivity index (χ1n) is 6.86. The van der Waals surface area contributed by atoms with E-state index in [1.807, 2.05) is 12.1 Å². The summed E-state index contributed by atoms with van der Waals surface area (Å²) in [4.78, 5) is 4.21. The SMILES string of the molecule is COc1[c]ccc(CC(CO)c2ccc(OO)cc2OC)c1. The van der Waals surface area contributed by atoms with E-state index in [0.29, 0.717) is 17.9 Å². The number of benzene rings is 2. The monoisotopic (exact) mass is 303 g/mol. The van der Waals surface area contributed by atoms with Gasteiger partial charge in [0, 0.05) is 23.6 Å². The smallest absolute Gasteiger partial charge is 0.168 e. The summed E-state index contributed by atoms with van der Waals surface area (Å²) in [7, 11) is 3.13. The van der Waals surface area contributed by atoms with Crippen LogP contribution in [0.25, 0.3) is 0 Å². The predicted molar refractivity (Wildman–Crippen MR) is 81.6 cm³/mol. The van der Waals surface area contributed by atoms with Crippen LogP contribution in [-0.2, 0) is 6.42 Å². The highest BCUT2D eigenvalue weighted by Crippen LogP contribution is 2.32. The molecule has 0 bridgehead atoms. The van der Waals surface area contributed by atoms with Gasteiger partial charge in [-0.3, -0.25) is 0 Å². The summed E-state index contributed by atoms with van der Waals surface area (Å²) < 4.78 is 10.5. The highest BCUT2D eigenvalue weighted by atomic mass is 17.1. The summed E-state index contributed by atoms with van der Waals surface area (Å²) in [6, 6.07) is 13.6. The highest BCUT2D eigenvalue weighted by Gasteiger charge is 2.17. The average Bonchev–Trinajstić information content (AvgIpc) is 2.59. The molecule has 1 radical (unpaired) electrons. The molecule has 1 unspecified atom stereocenters. The third-order valence-corrected chi connectivity index (χ3v) is 3.51. The number of hydrogen-bond donors (Lipinski definition) is 2. The Labute approximate surface area is 129 Å². The summed E-state index contributed by atoms with van der Waals surface area (Å²) in [5.41, 5.74) is 1.87. The van der Waals surface area contributed by atoms with Crippen molar-refractivity contribution in [3.8, 4) is 17.2 Å². The van der Waals surface area contributed by atoms with Crippen molar-refractivity contribution in [2.75, 3.05) is 20.8 Å². The standard InChI is InChI=1S/C17H19O5/c1-20-14-5-3-4-12(9-14)8-13(11-18)16-7-6-15(22-19)10-17(16)21-2/h3-4,6-7,9-10,13,18-19H,8,11H2,1-2H3. The molecule has 5 nitrogen and oxygen atoms in total. The molecule has 22 heavy (non-hydrogen) atoms. The van der Waals surface area contributed by atoms with Crippen LogP contribution in [0.15, 0.2) is 36.4 Å². The minimum Gasteiger partial charge on any atom is -0.496 e. The maximum absolute atomic E-state index is 9.74. The molecule has 0 fully saturated rings. The van der Waals surface area contributed by atoms with Crippen LogP contribution in [0.3, 0.4) is 0 Å². The van der Waals surface area contributed by atoms with Gasteiger partial charge >= 0.3 is 0 Å². The summed E-state index contributed by atoms with van der Waals surface area (Å²) in [6.45, 7) is -0.0311. The molecule has 0 aliphatic heterocycles. The molecule has 0 aliphatic rings. The van der Waals surface area contributed by atoms with Crippen molar-refractivity contribution in [3.05, 3.63) is 53.6 Å². The molecule has 0 amide bonds. The van der Waals surface area contributed by atoms with E-state index in [-0.39, 0.29) is 18.3 Å². The normalized spacial score (nSPS) is 11.8. The molecular formula is C17H19O5. The first-order valence-corrected chi connectivity index (χ1v) is 6.86. The minimum absolute atomic E-state index is 0.0311. The Balaban J connectivity index is 2.27. The molecule has 0 heterocycles. The first kappa shape index (κ1) is 16.1. The molecule has 5 heteroatoms. The van der Waals surface area contributed by atoms with Gasteiger partial charge in [0.25, 0.3) is 0 Å². The largest absolute Gasteiger partial charge is 0.496 e. The van der Waals surface area contributed by atoms with E-state index in [1.54, 1.807) is 31.4 Å². The van der Waals surface area contributed by atoms with Crippen LogP contribution in [0.1, 0.15) is 17.0 Å². The number of methoxy groups -OCH3 is 2. The number of hydrogen-bond acceptors (Lipinski definition) is 5. The lowest BCUT2D eigenvalue weighted by molar-refractivity contribution is -0.137. The van der Waals surface area contributed by atoms with Crippen LogP contribution in [0, 0.1) is 6.07 Å². The van der Waals surface area contributed by atoms with Crippen LogP contribution in [0.5, 0.6) is 17.2 Å². The van der Waals surface area contributed by atoms with Crippen LogP contribution in [-0.4, -0.2) is 31.2 Å². The first-order chi connectivity index (χ1) is 10.7. The fourth-order valence-electron chi connectivity index (χ4n) is 2.38. The Hall–Kier alpha value is -2.24. The third kappa shape index (κ3) is 3.69. The van der Waals surface area contributed by atoms with Gasteiger partial charge in [-0.1, -0.05) is 18.2 Å². The fraction of sp³-hybridized carbons (Fsp3) is 0.294. The Kier molecular flexibility index (Phi) is 5.63. The van der Waals surface area contributed by atoms with Crippen molar-refractivity contribution < 1.29 is 24.7 Å². The van der Waals surface area contributed by atoms with Crippen molar-refractivity contribution in [2.24, 2.45) is 0 Å². The Bertz CT molecular complexity index is 612. The van der Waals surface area contributed by atoms with Crippen LogP contribution >= 0.6 is 0 Å². The maximum Gasteiger partial charge on any atom is 0.168 e. The molecular weight excluding hydrogens is 284 g/mol. The number of aliphatic hydroxyl groups is 1. The lowest BCUT2D eigenvalue weighted by atomic mass is 9.92. The van der Waals surface area contributed by atoms with Crippen molar-refractivity contribution in [1.29, 1.82) is 0 Å². The van der Waals surface area contributed by atoms with E-state index in [1.165, 1.54) is 7.11 Å². The summed E-state index contributed by atoms with van der Waals surface area (Å²) in [5, 5.41) is 18.5. The second-order valence-corrected chi connectivity index (χ2v) is 4.84. The van der Waals surface area contributed by atoms with Gasteiger partial charge in [0.1, 0.15) is 11.5 Å². The Morgan fingerprint density at radius 2 is 1.95 bits per heavy atom. The van der Waals surface area contributed by atoms with E-state index >= 15 is 0 Å². The van der Waals surface area contributed by atoms with Crippen molar-refractivity contribution in [3.63, 3.8) is 0 Å². The molecule has 2 N–H and O–H groups in total. The lowest BCUT2D eigenvalue weighted by Crippen LogP contribution is -2.09. The number of ether oxygens (including phenoxy) is 2. The third-order valence-electron chi connectivity index (χ3n) is 3.51. The fourth-order valence-corrected chi connectivity index (χ4v) is 2.38. The molecule has 0 aliphatic carbocycles. The average molecular weight is 303 g/mol. The van der Waals surface area contributed by atoms with Gasteiger partial charge in [0.2, 0.25) is 0 Å². The Morgan fingerprint density at radius 1 is 1.14 bits per heavy atom. The van der Waals surface area contributed by atoms with Gasteiger partial charge in [0.05, 0.1) is 20.8 Å². The zero-order valence-corrected chi connectivity index (χ0v) is 12.6. The minimum atomic E-state index is -0.144. The molecule has 1 atom stereocenters. The highest BCUT2D eigenvalue weighted by molar-refractivity contribution is 5.43. The number of rotatable bonds is 7. The molecule has 117 valence electrons. The second-order valence-electron chi connectivity index (χ2n) is 4.84. The number of aliphatic hydroxyl groups excluding tert-OH is 1. The van der Waals surface area contributed by atoms with Gasteiger partial charge in [-0.05, 0) is 24.1 Å². The van der Waals surface area contributed by atoms with Crippen LogP contribution < -0.4 is 14.4 Å². The van der Waals surface area contributed by atoms with Gasteiger partial charge < -0.3 is 19.5 Å². The van der Waals surface area contributed by atoms with Crippen molar-refractivity contribution in [2.45, 2.75) is 12.3 Å². The van der Waals surface area contributed by atoms with E-state index in [9.17, 15) is 5.11 Å². The summed E-state index contributed by atoms with van der Waals surface area (Å²) >= 11 is 0. The summed E-state index contributed by atoms with van der Waals surface area (Å²) in [5.74, 6) is 1.35. The van der Waals surface area contributed by atoms with Gasteiger partial charge in [-0.25, -0.2) is 5.26 Å². The van der Waals surface area contributed by atoms with Crippen LogP contribution in [0.4, 0.5) is 0 Å². The molecule has 0 saturated heterocycles. The van der Waals surface area contributed by atoms with Crippen molar-refractivity contribution >= 4 is 0 Å². The molecule has 2 aromatic rings. The molecule has 0 saturated carbocycles. The van der Waals surface area contributed by atoms with E-state index < -0.39 is 0 Å². The quantitative estimate of drug-likeness (QED) is 0.608.